The fraction of sp³-hybridized carbons (Fsp3) is 0.381. The molecule has 9 nitrogen and oxygen atoms in total. The lowest BCUT2D eigenvalue weighted by molar-refractivity contribution is -0.129. The summed E-state index contributed by atoms with van der Waals surface area (Å²) in [4.78, 5) is 30.2. The number of carbonyl (C=O) groups is 2. The second kappa shape index (κ2) is 8.48. The highest BCUT2D eigenvalue weighted by molar-refractivity contribution is 5.76. The fourth-order valence-corrected chi connectivity index (χ4v) is 3.63. The lowest BCUT2D eigenvalue weighted by Gasteiger charge is -2.26. The zero-order valence-electron chi connectivity index (χ0n) is 17.1. The van der Waals surface area contributed by atoms with Gasteiger partial charge in [-0.1, -0.05) is 35.5 Å². The van der Waals surface area contributed by atoms with Crippen molar-refractivity contribution in [1.29, 1.82) is 0 Å². The highest BCUT2D eigenvalue weighted by atomic mass is 16.5. The van der Waals surface area contributed by atoms with E-state index in [1.807, 2.05) is 42.1 Å². The predicted octanol–water partition coefficient (Wildman–Crippen LogP) is 1.62. The van der Waals surface area contributed by atoms with E-state index in [-0.39, 0.29) is 18.2 Å². The number of aromatic nitrogens is 4. The van der Waals surface area contributed by atoms with Crippen LogP contribution in [0.3, 0.4) is 0 Å². The first kappa shape index (κ1) is 19.8. The minimum Gasteiger partial charge on any atom is -0.350 e. The number of benzene rings is 1. The van der Waals surface area contributed by atoms with Crippen molar-refractivity contribution in [3.63, 3.8) is 0 Å². The molecular weight excluding hydrogens is 384 g/mol. The second-order valence-electron chi connectivity index (χ2n) is 7.34. The average Bonchev–Trinajstić information content (AvgIpc) is 3.36. The topological polar surface area (TPSA) is 106 Å². The number of hydrogen-bond acceptors (Lipinski definition) is 6. The van der Waals surface area contributed by atoms with E-state index < -0.39 is 0 Å². The Morgan fingerprint density at radius 2 is 2.03 bits per heavy atom. The van der Waals surface area contributed by atoms with Gasteiger partial charge in [-0.05, 0) is 0 Å². The second-order valence-corrected chi connectivity index (χ2v) is 7.34. The summed E-state index contributed by atoms with van der Waals surface area (Å²) in [6.45, 7) is 3.13. The van der Waals surface area contributed by atoms with Gasteiger partial charge in [-0.15, -0.1) is 0 Å². The molecule has 3 heterocycles. The van der Waals surface area contributed by atoms with Gasteiger partial charge >= 0.3 is 0 Å². The van der Waals surface area contributed by atoms with Crippen molar-refractivity contribution in [2.75, 3.05) is 6.54 Å². The summed E-state index contributed by atoms with van der Waals surface area (Å²) in [6.07, 6.45) is 1.38. The molecule has 0 saturated carbocycles. The van der Waals surface area contributed by atoms with Gasteiger partial charge in [0.05, 0.1) is 12.2 Å². The van der Waals surface area contributed by atoms with E-state index in [1.165, 1.54) is 0 Å². The molecule has 0 unspecified atom stereocenters. The van der Waals surface area contributed by atoms with Crippen LogP contribution in [0.5, 0.6) is 0 Å². The molecule has 156 valence electrons. The smallest absolute Gasteiger partial charge is 0.227 e. The van der Waals surface area contributed by atoms with E-state index in [0.717, 1.165) is 28.9 Å². The molecule has 1 aromatic carbocycles. The standard InChI is InChI=1S/C21H24N6O3/c1-14(28)27-11-10-18-16(13-27)17(24-26(18)2)12-22-19(29)8-9-20-23-21(25-30-20)15-6-4-3-5-7-15/h3-7H,8-13H2,1-2H3,(H,22,29). The third-order valence-corrected chi connectivity index (χ3v) is 5.29. The maximum Gasteiger partial charge on any atom is 0.227 e. The quantitative estimate of drug-likeness (QED) is 0.664. The number of rotatable bonds is 6. The minimum atomic E-state index is -0.118. The Morgan fingerprint density at radius 1 is 1.23 bits per heavy atom. The van der Waals surface area contributed by atoms with Crippen molar-refractivity contribution in [2.24, 2.45) is 7.05 Å². The molecule has 1 N–H and O–H groups in total. The summed E-state index contributed by atoms with van der Waals surface area (Å²) >= 11 is 0. The van der Waals surface area contributed by atoms with Crippen molar-refractivity contribution >= 4 is 11.8 Å². The molecule has 30 heavy (non-hydrogen) atoms. The molecule has 2 aromatic heterocycles. The molecule has 0 atom stereocenters. The lowest BCUT2D eigenvalue weighted by atomic mass is 10.0. The normalized spacial score (nSPS) is 13.2. The van der Waals surface area contributed by atoms with Crippen molar-refractivity contribution in [3.8, 4) is 11.4 Å². The van der Waals surface area contributed by atoms with Crippen LogP contribution >= 0.6 is 0 Å². The molecule has 2 amide bonds. The van der Waals surface area contributed by atoms with Crippen LogP contribution in [0.25, 0.3) is 11.4 Å². The van der Waals surface area contributed by atoms with Crippen molar-refractivity contribution in [2.45, 2.75) is 39.3 Å². The molecule has 0 fully saturated rings. The Morgan fingerprint density at radius 3 is 2.80 bits per heavy atom. The zero-order valence-corrected chi connectivity index (χ0v) is 17.1. The number of amides is 2. The number of carbonyl (C=O) groups excluding carboxylic acids is 2. The predicted molar refractivity (Wildman–Crippen MR) is 108 cm³/mol. The van der Waals surface area contributed by atoms with Gasteiger partial charge in [0.15, 0.2) is 0 Å². The number of aryl methyl sites for hydroxylation is 2. The number of hydrogen-bond donors (Lipinski definition) is 1. The van der Waals surface area contributed by atoms with Crippen molar-refractivity contribution in [3.05, 3.63) is 53.2 Å². The van der Waals surface area contributed by atoms with E-state index in [2.05, 4.69) is 20.6 Å². The van der Waals surface area contributed by atoms with Crippen LogP contribution in [0.4, 0.5) is 0 Å². The first-order chi connectivity index (χ1) is 14.5. The highest BCUT2D eigenvalue weighted by Gasteiger charge is 2.25. The fourth-order valence-electron chi connectivity index (χ4n) is 3.63. The van der Waals surface area contributed by atoms with Crippen molar-refractivity contribution in [1.82, 2.24) is 30.1 Å². The van der Waals surface area contributed by atoms with Gasteiger partial charge in [0.2, 0.25) is 23.5 Å². The van der Waals surface area contributed by atoms with E-state index in [9.17, 15) is 9.59 Å². The maximum atomic E-state index is 12.3. The Labute approximate surface area is 174 Å². The zero-order chi connectivity index (χ0) is 21.1. The van der Waals surface area contributed by atoms with Crippen LogP contribution in [-0.2, 0) is 42.6 Å². The average molecular weight is 408 g/mol. The molecular formula is C21H24N6O3. The van der Waals surface area contributed by atoms with E-state index >= 15 is 0 Å². The monoisotopic (exact) mass is 408 g/mol. The molecule has 1 aliphatic rings. The Kier molecular flexibility index (Phi) is 5.60. The SMILES string of the molecule is CC(=O)N1CCc2c(c(CNC(=O)CCc3nc(-c4ccccc4)no3)nn2C)C1. The maximum absolute atomic E-state index is 12.3. The number of fused-ring (bicyclic) bond motifs is 1. The number of nitrogens with one attached hydrogen (secondary N) is 1. The van der Waals surface area contributed by atoms with Crippen LogP contribution < -0.4 is 5.32 Å². The van der Waals surface area contributed by atoms with Gasteiger partial charge in [0.25, 0.3) is 0 Å². The minimum absolute atomic E-state index is 0.0499. The van der Waals surface area contributed by atoms with Gasteiger partial charge in [-0.3, -0.25) is 14.3 Å². The van der Waals surface area contributed by atoms with Gasteiger partial charge in [0, 0.05) is 63.1 Å². The summed E-state index contributed by atoms with van der Waals surface area (Å²) in [5.41, 5.74) is 3.83. The third-order valence-electron chi connectivity index (χ3n) is 5.29. The Hall–Kier alpha value is -3.49. The van der Waals surface area contributed by atoms with Gasteiger partial charge in [-0.2, -0.15) is 10.1 Å². The van der Waals surface area contributed by atoms with Crippen molar-refractivity contribution < 1.29 is 14.1 Å². The van der Waals surface area contributed by atoms with Crippen LogP contribution in [0.2, 0.25) is 0 Å². The Bertz CT molecular complexity index is 1060. The van der Waals surface area contributed by atoms with Gasteiger partial charge in [0.1, 0.15) is 0 Å². The van der Waals surface area contributed by atoms with Crippen LogP contribution in [0.1, 0.15) is 36.2 Å². The summed E-state index contributed by atoms with van der Waals surface area (Å²) in [6, 6.07) is 9.55. The van der Waals surface area contributed by atoms with Crippen LogP contribution in [-0.4, -0.2) is 43.2 Å². The molecule has 0 bridgehead atoms. The highest BCUT2D eigenvalue weighted by Crippen LogP contribution is 2.22. The molecule has 1 aliphatic heterocycles. The lowest BCUT2D eigenvalue weighted by Crippen LogP contribution is -2.35. The largest absolute Gasteiger partial charge is 0.350 e. The summed E-state index contributed by atoms with van der Waals surface area (Å²) in [7, 11) is 1.90. The van der Waals surface area contributed by atoms with E-state index in [4.69, 9.17) is 4.52 Å². The summed E-state index contributed by atoms with van der Waals surface area (Å²) in [5.74, 6) is 0.875. The van der Waals surface area contributed by atoms with E-state index in [0.29, 0.717) is 37.8 Å². The van der Waals surface area contributed by atoms with Gasteiger partial charge in [-0.25, -0.2) is 0 Å². The van der Waals surface area contributed by atoms with Gasteiger partial charge < -0.3 is 14.7 Å². The molecule has 9 heteroatoms. The molecule has 0 radical (unpaired) electrons. The number of nitrogens with zero attached hydrogens (tertiary/aromatic N) is 5. The molecule has 0 spiro atoms. The first-order valence-corrected chi connectivity index (χ1v) is 9.95. The molecule has 3 aromatic rings. The third kappa shape index (κ3) is 4.24. The Balaban J connectivity index is 1.32. The summed E-state index contributed by atoms with van der Waals surface area (Å²) < 4.78 is 7.10. The summed E-state index contributed by atoms with van der Waals surface area (Å²) in [5, 5.41) is 11.4. The molecule has 0 saturated heterocycles. The molecule has 0 aliphatic carbocycles. The van der Waals surface area contributed by atoms with Crippen LogP contribution in [0.15, 0.2) is 34.9 Å². The van der Waals surface area contributed by atoms with Crippen LogP contribution in [0, 0.1) is 0 Å². The van der Waals surface area contributed by atoms with E-state index in [1.54, 1.807) is 11.8 Å². The first-order valence-electron chi connectivity index (χ1n) is 9.95. The molecule has 4 rings (SSSR count).